The summed E-state index contributed by atoms with van der Waals surface area (Å²) in [5.74, 6) is -0.224. The number of methoxy groups -OCH3 is 1. The van der Waals surface area contributed by atoms with Crippen LogP contribution in [0, 0.1) is 30.9 Å². The van der Waals surface area contributed by atoms with Crippen molar-refractivity contribution in [2.75, 3.05) is 18.0 Å². The van der Waals surface area contributed by atoms with Crippen LogP contribution in [-0.4, -0.2) is 43.7 Å². The Labute approximate surface area is 237 Å². The molecule has 1 N–H and O–H groups in total. The second-order valence-electron chi connectivity index (χ2n) is 9.21. The summed E-state index contributed by atoms with van der Waals surface area (Å²) >= 11 is 0. The summed E-state index contributed by atoms with van der Waals surface area (Å²) < 4.78 is 35.4. The number of rotatable bonds is 10. The highest BCUT2D eigenvalue weighted by Gasteiger charge is 2.29. The average molecular weight is 576 g/mol. The number of carbonyl (C=O) groups is 1. The molecule has 11 nitrogen and oxygen atoms in total. The standard InChI is InChI=1S/C29H29N5O6S/c1-20-10-15-27(17-28(20)34(36)37)41(38,39)32(24-11-13-26(40-4)14-12-24)19-29(35)31-30-18-23-16-21(2)33(22(23)3)25-8-6-5-7-9-25/h5-18H,19H2,1-4H3,(H,31,35)/b30-18-. The predicted octanol–water partition coefficient (Wildman–Crippen LogP) is 4.66. The zero-order chi connectivity index (χ0) is 29.7. The van der Waals surface area contributed by atoms with Gasteiger partial charge in [-0.3, -0.25) is 19.2 Å². The summed E-state index contributed by atoms with van der Waals surface area (Å²) in [5.41, 5.74) is 6.18. The van der Waals surface area contributed by atoms with Gasteiger partial charge in [-0.25, -0.2) is 13.8 Å². The molecular weight excluding hydrogens is 546 g/mol. The van der Waals surface area contributed by atoms with Gasteiger partial charge in [0.15, 0.2) is 0 Å². The van der Waals surface area contributed by atoms with Crippen LogP contribution in [-0.2, 0) is 14.8 Å². The van der Waals surface area contributed by atoms with Crippen molar-refractivity contribution in [3.05, 3.63) is 111 Å². The Hall–Kier alpha value is -4.97. The maximum Gasteiger partial charge on any atom is 0.273 e. The number of hydrazone groups is 1. The zero-order valence-electron chi connectivity index (χ0n) is 22.9. The number of benzene rings is 3. The Morgan fingerprint density at radius 1 is 1.05 bits per heavy atom. The molecule has 0 aliphatic carbocycles. The number of para-hydroxylation sites is 1. The summed E-state index contributed by atoms with van der Waals surface area (Å²) in [6.45, 7) is 4.78. The molecule has 0 unspecified atom stereocenters. The van der Waals surface area contributed by atoms with Crippen LogP contribution in [0.1, 0.15) is 22.5 Å². The first-order valence-corrected chi connectivity index (χ1v) is 13.9. The van der Waals surface area contributed by atoms with Crippen LogP contribution in [0.5, 0.6) is 5.75 Å². The molecule has 41 heavy (non-hydrogen) atoms. The molecule has 212 valence electrons. The average Bonchev–Trinajstić information content (AvgIpc) is 3.24. The quantitative estimate of drug-likeness (QED) is 0.166. The monoisotopic (exact) mass is 575 g/mol. The number of amides is 1. The molecule has 4 rings (SSSR count). The van der Waals surface area contributed by atoms with Crippen molar-refractivity contribution in [3.63, 3.8) is 0 Å². The number of aromatic nitrogens is 1. The minimum Gasteiger partial charge on any atom is -0.497 e. The Morgan fingerprint density at radius 3 is 2.37 bits per heavy atom. The lowest BCUT2D eigenvalue weighted by Gasteiger charge is -2.24. The van der Waals surface area contributed by atoms with E-state index in [1.54, 1.807) is 12.1 Å². The number of sulfonamides is 1. The molecule has 0 spiro atoms. The topological polar surface area (TPSA) is 136 Å². The number of nitro groups is 1. The lowest BCUT2D eigenvalue weighted by Crippen LogP contribution is -2.39. The first-order valence-electron chi connectivity index (χ1n) is 12.5. The maximum atomic E-state index is 13.7. The minimum atomic E-state index is -4.39. The Balaban J connectivity index is 1.60. The Morgan fingerprint density at radius 2 is 1.73 bits per heavy atom. The van der Waals surface area contributed by atoms with E-state index in [4.69, 9.17) is 4.74 Å². The van der Waals surface area contributed by atoms with Gasteiger partial charge in [0.25, 0.3) is 21.6 Å². The predicted molar refractivity (Wildman–Crippen MR) is 156 cm³/mol. The van der Waals surface area contributed by atoms with Crippen LogP contribution in [0.15, 0.2) is 88.9 Å². The van der Waals surface area contributed by atoms with Gasteiger partial charge in [-0.05, 0) is 69.3 Å². The molecule has 0 aliphatic heterocycles. The molecule has 12 heteroatoms. The van der Waals surface area contributed by atoms with Crippen molar-refractivity contribution in [3.8, 4) is 11.4 Å². The molecule has 0 atom stereocenters. The van der Waals surface area contributed by atoms with E-state index in [1.165, 1.54) is 44.5 Å². The van der Waals surface area contributed by atoms with Gasteiger partial charge in [0.2, 0.25) is 0 Å². The SMILES string of the molecule is COc1ccc(N(CC(=O)N/N=C\c2cc(C)n(-c3ccccc3)c2C)S(=O)(=O)c2ccc(C)c([N+](=O)[O-])c2)cc1. The van der Waals surface area contributed by atoms with Gasteiger partial charge in [0, 0.05) is 34.3 Å². The molecule has 0 saturated heterocycles. The Kier molecular flexibility index (Phi) is 8.53. The minimum absolute atomic E-state index is 0.166. The van der Waals surface area contributed by atoms with Crippen molar-refractivity contribution < 1.29 is 22.9 Å². The second-order valence-corrected chi connectivity index (χ2v) is 11.1. The molecule has 0 aliphatic rings. The number of aryl methyl sites for hydroxylation is 2. The van der Waals surface area contributed by atoms with E-state index in [0.717, 1.165) is 33.0 Å². The van der Waals surface area contributed by atoms with Crippen molar-refractivity contribution in [1.82, 2.24) is 9.99 Å². The summed E-state index contributed by atoms with van der Waals surface area (Å²) in [4.78, 5) is 23.4. The number of nitro benzene ring substituents is 1. The number of hydrogen-bond acceptors (Lipinski definition) is 7. The third kappa shape index (κ3) is 6.28. The smallest absolute Gasteiger partial charge is 0.273 e. The first-order chi connectivity index (χ1) is 19.5. The lowest BCUT2D eigenvalue weighted by molar-refractivity contribution is -0.385. The molecular formula is C29H29N5O6S. The van der Waals surface area contributed by atoms with Crippen LogP contribution in [0.2, 0.25) is 0 Å². The fraction of sp³-hybridized carbons (Fsp3) is 0.172. The number of carbonyl (C=O) groups excluding carboxylic acids is 1. The number of nitrogens with one attached hydrogen (secondary N) is 1. The zero-order valence-corrected chi connectivity index (χ0v) is 23.8. The van der Waals surface area contributed by atoms with Crippen LogP contribution < -0.4 is 14.5 Å². The molecule has 1 heterocycles. The van der Waals surface area contributed by atoms with Gasteiger partial charge in [-0.2, -0.15) is 5.10 Å². The summed E-state index contributed by atoms with van der Waals surface area (Å²) in [6, 6.07) is 21.4. The highest BCUT2D eigenvalue weighted by molar-refractivity contribution is 7.92. The van der Waals surface area contributed by atoms with E-state index in [2.05, 4.69) is 15.1 Å². The van der Waals surface area contributed by atoms with Crippen molar-refractivity contribution in [1.29, 1.82) is 0 Å². The highest BCUT2D eigenvalue weighted by atomic mass is 32.2. The molecule has 1 amide bonds. The maximum absolute atomic E-state index is 13.7. The third-order valence-corrected chi connectivity index (χ3v) is 8.26. The van der Waals surface area contributed by atoms with Gasteiger partial charge >= 0.3 is 0 Å². The number of anilines is 1. The van der Waals surface area contributed by atoms with Gasteiger partial charge in [-0.15, -0.1) is 0 Å². The van der Waals surface area contributed by atoms with E-state index in [9.17, 15) is 23.3 Å². The molecule has 0 saturated carbocycles. The van der Waals surface area contributed by atoms with E-state index in [0.29, 0.717) is 11.3 Å². The number of nitrogens with zero attached hydrogens (tertiary/aromatic N) is 4. The third-order valence-electron chi connectivity index (χ3n) is 6.49. The number of ether oxygens (including phenoxy) is 1. The second kappa shape index (κ2) is 12.0. The van der Waals surface area contributed by atoms with E-state index < -0.39 is 27.4 Å². The fourth-order valence-corrected chi connectivity index (χ4v) is 5.81. The molecule has 0 radical (unpaired) electrons. The molecule has 0 bridgehead atoms. The highest BCUT2D eigenvalue weighted by Crippen LogP contribution is 2.29. The van der Waals surface area contributed by atoms with Crippen molar-refractivity contribution in [2.45, 2.75) is 25.7 Å². The summed E-state index contributed by atoms with van der Waals surface area (Å²) in [6.07, 6.45) is 1.50. The van der Waals surface area contributed by atoms with Gasteiger partial charge < -0.3 is 9.30 Å². The van der Waals surface area contributed by atoms with E-state index in [1.807, 2.05) is 50.2 Å². The molecule has 3 aromatic carbocycles. The van der Waals surface area contributed by atoms with Crippen LogP contribution in [0.4, 0.5) is 11.4 Å². The van der Waals surface area contributed by atoms with Crippen molar-refractivity contribution in [2.24, 2.45) is 5.10 Å². The molecule has 1 aromatic heterocycles. The van der Waals surface area contributed by atoms with E-state index in [-0.39, 0.29) is 16.3 Å². The summed E-state index contributed by atoms with van der Waals surface area (Å²) in [5, 5.41) is 15.5. The lowest BCUT2D eigenvalue weighted by atomic mass is 10.2. The largest absolute Gasteiger partial charge is 0.497 e. The van der Waals surface area contributed by atoms with Crippen LogP contribution in [0.25, 0.3) is 5.69 Å². The van der Waals surface area contributed by atoms with Crippen molar-refractivity contribution >= 4 is 33.5 Å². The fourth-order valence-electron chi connectivity index (χ4n) is 4.37. The van der Waals surface area contributed by atoms with E-state index >= 15 is 0 Å². The van der Waals surface area contributed by atoms with Crippen LogP contribution in [0.3, 0.4) is 0 Å². The Bertz CT molecular complexity index is 1710. The number of hydrogen-bond donors (Lipinski definition) is 1. The molecule has 4 aromatic rings. The van der Waals surface area contributed by atoms with Gasteiger partial charge in [-0.1, -0.05) is 24.3 Å². The first kappa shape index (κ1) is 29.0. The summed E-state index contributed by atoms with van der Waals surface area (Å²) in [7, 11) is -2.92. The van der Waals surface area contributed by atoms with Gasteiger partial charge in [0.1, 0.15) is 12.3 Å². The molecule has 0 fully saturated rings. The normalized spacial score (nSPS) is 11.4. The van der Waals surface area contributed by atoms with Crippen LogP contribution >= 0.6 is 0 Å². The van der Waals surface area contributed by atoms with Gasteiger partial charge in [0.05, 0.1) is 28.8 Å².